The Bertz CT molecular complexity index is 1190. The second-order valence-corrected chi connectivity index (χ2v) is 8.58. The molecule has 1 aliphatic rings. The SMILES string of the molecule is COC(=O)C1CC(NC(=O)c2cccc(-n3nc(C)cc3C)c2)CN1Cc1ccccc1OC. The molecule has 0 spiro atoms. The number of para-hydroxylation sites is 1. The normalized spacial score (nSPS) is 18.0. The smallest absolute Gasteiger partial charge is 0.323 e. The van der Waals surface area contributed by atoms with Crippen LogP contribution in [0.3, 0.4) is 0 Å². The molecule has 1 fully saturated rings. The van der Waals surface area contributed by atoms with Crippen LogP contribution in [0.4, 0.5) is 0 Å². The summed E-state index contributed by atoms with van der Waals surface area (Å²) in [7, 11) is 3.02. The highest BCUT2D eigenvalue weighted by atomic mass is 16.5. The van der Waals surface area contributed by atoms with Crippen LogP contribution in [0.1, 0.15) is 33.7 Å². The maximum absolute atomic E-state index is 13.1. The number of nitrogens with zero attached hydrogens (tertiary/aromatic N) is 3. The molecule has 34 heavy (non-hydrogen) atoms. The zero-order valence-corrected chi connectivity index (χ0v) is 19.9. The topological polar surface area (TPSA) is 85.7 Å². The Labute approximate surface area is 199 Å². The predicted octanol–water partition coefficient (Wildman–Crippen LogP) is 3.04. The molecular formula is C26H30N4O4. The molecule has 4 rings (SSSR count). The van der Waals surface area contributed by atoms with Crippen LogP contribution in [0.25, 0.3) is 5.69 Å². The van der Waals surface area contributed by atoms with Crippen LogP contribution in [0, 0.1) is 13.8 Å². The number of likely N-dealkylation sites (tertiary alicyclic amines) is 1. The molecule has 8 heteroatoms. The third-order valence-electron chi connectivity index (χ3n) is 6.14. The van der Waals surface area contributed by atoms with E-state index in [1.54, 1.807) is 13.2 Å². The summed E-state index contributed by atoms with van der Waals surface area (Å²) >= 11 is 0. The van der Waals surface area contributed by atoms with E-state index < -0.39 is 6.04 Å². The van der Waals surface area contributed by atoms with Gasteiger partial charge >= 0.3 is 5.97 Å². The van der Waals surface area contributed by atoms with Crippen molar-refractivity contribution in [1.29, 1.82) is 0 Å². The number of hydrogen-bond acceptors (Lipinski definition) is 6. The number of amides is 1. The monoisotopic (exact) mass is 462 g/mol. The van der Waals surface area contributed by atoms with Gasteiger partial charge in [-0.2, -0.15) is 5.10 Å². The minimum Gasteiger partial charge on any atom is -0.496 e. The van der Waals surface area contributed by atoms with E-state index in [0.717, 1.165) is 28.4 Å². The molecule has 1 amide bonds. The van der Waals surface area contributed by atoms with Gasteiger partial charge in [0.1, 0.15) is 11.8 Å². The van der Waals surface area contributed by atoms with Crippen molar-refractivity contribution >= 4 is 11.9 Å². The molecule has 2 atom stereocenters. The van der Waals surface area contributed by atoms with E-state index in [4.69, 9.17) is 9.47 Å². The molecule has 1 N–H and O–H groups in total. The Morgan fingerprint density at radius 1 is 1.09 bits per heavy atom. The Morgan fingerprint density at radius 3 is 2.59 bits per heavy atom. The van der Waals surface area contributed by atoms with E-state index in [1.807, 2.05) is 72.0 Å². The molecule has 2 aromatic carbocycles. The molecule has 0 saturated carbocycles. The van der Waals surface area contributed by atoms with Crippen LogP contribution >= 0.6 is 0 Å². The number of esters is 1. The van der Waals surface area contributed by atoms with Crippen molar-refractivity contribution in [3.63, 3.8) is 0 Å². The van der Waals surface area contributed by atoms with Crippen molar-refractivity contribution in [2.45, 2.75) is 38.9 Å². The first-order valence-electron chi connectivity index (χ1n) is 11.3. The molecular weight excluding hydrogens is 432 g/mol. The highest BCUT2D eigenvalue weighted by Crippen LogP contribution is 2.26. The molecule has 1 saturated heterocycles. The molecule has 178 valence electrons. The summed E-state index contributed by atoms with van der Waals surface area (Å²) in [6, 6.07) is 16.5. The second-order valence-electron chi connectivity index (χ2n) is 8.58. The Kier molecular flexibility index (Phi) is 6.98. The lowest BCUT2D eigenvalue weighted by atomic mass is 10.1. The second kappa shape index (κ2) is 10.1. The van der Waals surface area contributed by atoms with Crippen LogP contribution in [-0.4, -0.2) is 59.4 Å². The first-order valence-corrected chi connectivity index (χ1v) is 11.3. The average molecular weight is 463 g/mol. The number of benzene rings is 2. The van der Waals surface area contributed by atoms with Crippen molar-refractivity contribution in [1.82, 2.24) is 20.0 Å². The maximum Gasteiger partial charge on any atom is 0.323 e. The average Bonchev–Trinajstić information content (AvgIpc) is 3.40. The largest absolute Gasteiger partial charge is 0.496 e. The fourth-order valence-electron chi connectivity index (χ4n) is 4.55. The first kappa shape index (κ1) is 23.5. The zero-order valence-electron chi connectivity index (χ0n) is 19.9. The fourth-order valence-corrected chi connectivity index (χ4v) is 4.55. The van der Waals surface area contributed by atoms with E-state index in [0.29, 0.717) is 25.1 Å². The van der Waals surface area contributed by atoms with Gasteiger partial charge in [-0.3, -0.25) is 14.5 Å². The summed E-state index contributed by atoms with van der Waals surface area (Å²) < 4.78 is 12.3. The number of aryl methyl sites for hydroxylation is 2. The van der Waals surface area contributed by atoms with Crippen LogP contribution in [0.15, 0.2) is 54.6 Å². The molecule has 8 nitrogen and oxygen atoms in total. The van der Waals surface area contributed by atoms with Crippen molar-refractivity contribution in [3.8, 4) is 11.4 Å². The number of hydrogen-bond donors (Lipinski definition) is 1. The summed E-state index contributed by atoms with van der Waals surface area (Å²) in [6.07, 6.45) is 0.477. The lowest BCUT2D eigenvalue weighted by Gasteiger charge is -2.23. The van der Waals surface area contributed by atoms with Gasteiger partial charge in [0.15, 0.2) is 0 Å². The molecule has 0 radical (unpaired) electrons. The minimum absolute atomic E-state index is 0.184. The summed E-state index contributed by atoms with van der Waals surface area (Å²) in [5, 5.41) is 7.60. The molecule has 0 aliphatic carbocycles. The highest BCUT2D eigenvalue weighted by molar-refractivity contribution is 5.95. The minimum atomic E-state index is -0.443. The molecule has 2 heterocycles. The van der Waals surface area contributed by atoms with Crippen molar-refractivity contribution < 1.29 is 19.1 Å². The Balaban J connectivity index is 1.49. The maximum atomic E-state index is 13.1. The predicted molar refractivity (Wildman–Crippen MR) is 128 cm³/mol. The van der Waals surface area contributed by atoms with Crippen molar-refractivity contribution in [2.75, 3.05) is 20.8 Å². The summed E-state index contributed by atoms with van der Waals surface area (Å²) in [6.45, 7) is 4.97. The molecule has 1 aliphatic heterocycles. The highest BCUT2D eigenvalue weighted by Gasteiger charge is 2.38. The van der Waals surface area contributed by atoms with Crippen LogP contribution in [-0.2, 0) is 16.1 Å². The van der Waals surface area contributed by atoms with Gasteiger partial charge < -0.3 is 14.8 Å². The van der Waals surface area contributed by atoms with Gasteiger partial charge in [0.05, 0.1) is 25.6 Å². The number of rotatable bonds is 7. The van der Waals surface area contributed by atoms with Gasteiger partial charge in [-0.25, -0.2) is 4.68 Å². The molecule has 1 aromatic heterocycles. The molecule has 0 bridgehead atoms. The lowest BCUT2D eigenvalue weighted by Crippen LogP contribution is -2.37. The van der Waals surface area contributed by atoms with E-state index in [-0.39, 0.29) is 17.9 Å². The van der Waals surface area contributed by atoms with Gasteiger partial charge in [0, 0.05) is 36.0 Å². The number of ether oxygens (including phenoxy) is 2. The first-order chi connectivity index (χ1) is 16.4. The van der Waals surface area contributed by atoms with Gasteiger partial charge in [-0.05, 0) is 50.6 Å². The van der Waals surface area contributed by atoms with Gasteiger partial charge in [0.2, 0.25) is 0 Å². The van der Waals surface area contributed by atoms with E-state index in [1.165, 1.54) is 7.11 Å². The van der Waals surface area contributed by atoms with Gasteiger partial charge in [0.25, 0.3) is 5.91 Å². The summed E-state index contributed by atoms with van der Waals surface area (Å²) in [5.74, 6) is 0.272. The molecule has 2 unspecified atom stereocenters. The van der Waals surface area contributed by atoms with E-state index >= 15 is 0 Å². The number of carbonyl (C=O) groups is 2. The number of carbonyl (C=O) groups excluding carboxylic acids is 2. The standard InChI is InChI=1S/C26H30N4O4/c1-17-12-18(2)30(28-17)22-10-7-9-19(13-22)25(31)27-21-14-23(26(32)34-4)29(16-21)15-20-8-5-6-11-24(20)33-3/h5-13,21,23H,14-16H2,1-4H3,(H,27,31). The lowest BCUT2D eigenvalue weighted by molar-refractivity contribution is -0.146. The number of aromatic nitrogens is 2. The Morgan fingerprint density at radius 2 is 1.88 bits per heavy atom. The summed E-state index contributed by atoms with van der Waals surface area (Å²) in [4.78, 5) is 27.6. The van der Waals surface area contributed by atoms with Crippen LogP contribution in [0.2, 0.25) is 0 Å². The van der Waals surface area contributed by atoms with Crippen molar-refractivity contribution in [3.05, 3.63) is 77.1 Å². The van der Waals surface area contributed by atoms with E-state index in [9.17, 15) is 9.59 Å². The quantitative estimate of drug-likeness (QED) is 0.544. The van der Waals surface area contributed by atoms with E-state index in [2.05, 4.69) is 10.4 Å². The summed E-state index contributed by atoms with van der Waals surface area (Å²) in [5.41, 5.74) is 4.27. The van der Waals surface area contributed by atoms with Crippen LogP contribution in [0.5, 0.6) is 5.75 Å². The van der Waals surface area contributed by atoms with Gasteiger partial charge in [-0.1, -0.05) is 24.3 Å². The molecule has 3 aromatic rings. The van der Waals surface area contributed by atoms with Crippen molar-refractivity contribution in [2.24, 2.45) is 0 Å². The Hall–Kier alpha value is -3.65. The number of methoxy groups -OCH3 is 2. The zero-order chi connectivity index (χ0) is 24.2. The van der Waals surface area contributed by atoms with Gasteiger partial charge in [-0.15, -0.1) is 0 Å². The number of nitrogens with one attached hydrogen (secondary N) is 1. The fraction of sp³-hybridized carbons (Fsp3) is 0.346. The third kappa shape index (κ3) is 4.97. The third-order valence-corrected chi connectivity index (χ3v) is 6.14. The van der Waals surface area contributed by atoms with Crippen LogP contribution < -0.4 is 10.1 Å².